The summed E-state index contributed by atoms with van der Waals surface area (Å²) in [5.41, 5.74) is 7.00. The summed E-state index contributed by atoms with van der Waals surface area (Å²) >= 11 is 0. The predicted octanol–water partition coefficient (Wildman–Crippen LogP) is 1.85. The molecule has 1 atom stereocenters. The summed E-state index contributed by atoms with van der Waals surface area (Å²) in [6.45, 7) is 5.55. The van der Waals surface area contributed by atoms with Gasteiger partial charge in [0.05, 0.1) is 5.54 Å². The first kappa shape index (κ1) is 18.9. The maximum Gasteiger partial charge on any atom is 0.244 e. The molecule has 2 saturated heterocycles. The molecule has 1 aromatic rings. The van der Waals surface area contributed by atoms with Crippen LogP contribution in [0.15, 0.2) is 24.3 Å². The summed E-state index contributed by atoms with van der Waals surface area (Å²) in [7, 11) is 0. The van der Waals surface area contributed by atoms with E-state index in [1.807, 2.05) is 12.1 Å². The van der Waals surface area contributed by atoms with Crippen LogP contribution in [-0.4, -0.2) is 41.9 Å². The van der Waals surface area contributed by atoms with Crippen LogP contribution in [0.5, 0.6) is 0 Å². The number of carbonyl (C=O) groups excluding carboxylic acids is 2. The highest BCUT2D eigenvalue weighted by atomic mass is 16.2. The third-order valence-electron chi connectivity index (χ3n) is 5.86. The van der Waals surface area contributed by atoms with Crippen LogP contribution < -0.4 is 16.4 Å². The molecule has 26 heavy (non-hydrogen) atoms. The molecule has 1 aromatic carbocycles. The molecular weight excluding hydrogens is 328 g/mol. The molecule has 142 valence electrons. The molecule has 0 bridgehead atoms. The van der Waals surface area contributed by atoms with E-state index in [-0.39, 0.29) is 17.7 Å². The maximum absolute atomic E-state index is 12.7. The van der Waals surface area contributed by atoms with Gasteiger partial charge in [0.2, 0.25) is 11.8 Å². The lowest BCUT2D eigenvalue weighted by atomic mass is 9.93. The Morgan fingerprint density at radius 3 is 2.73 bits per heavy atom. The highest BCUT2D eigenvalue weighted by Crippen LogP contribution is 2.25. The average Bonchev–Trinajstić information content (AvgIpc) is 3.13. The molecule has 1 unspecified atom stereocenters. The number of piperidine rings is 1. The third-order valence-corrected chi connectivity index (χ3v) is 5.86. The quantitative estimate of drug-likeness (QED) is 0.724. The zero-order valence-electron chi connectivity index (χ0n) is 15.6. The van der Waals surface area contributed by atoms with E-state index in [9.17, 15) is 9.59 Å². The van der Waals surface area contributed by atoms with Crippen LogP contribution in [-0.2, 0) is 16.1 Å². The Hall–Kier alpha value is -1.92. The van der Waals surface area contributed by atoms with Gasteiger partial charge in [-0.3, -0.25) is 14.5 Å². The first-order valence-electron chi connectivity index (χ1n) is 9.69. The Bertz CT molecular complexity index is 647. The smallest absolute Gasteiger partial charge is 0.244 e. The van der Waals surface area contributed by atoms with E-state index < -0.39 is 5.54 Å². The summed E-state index contributed by atoms with van der Waals surface area (Å²) in [6, 6.07) is 8.07. The molecule has 0 spiro atoms. The minimum absolute atomic E-state index is 0.0148. The van der Waals surface area contributed by atoms with Crippen molar-refractivity contribution in [3.63, 3.8) is 0 Å². The van der Waals surface area contributed by atoms with Crippen LogP contribution in [0.25, 0.3) is 0 Å². The minimum Gasteiger partial charge on any atom is -0.369 e. The zero-order valence-corrected chi connectivity index (χ0v) is 15.6. The lowest BCUT2D eigenvalue weighted by Crippen LogP contribution is -2.50. The van der Waals surface area contributed by atoms with Gasteiger partial charge in [0.1, 0.15) is 0 Å². The number of hydrogen-bond donors (Lipinski definition) is 3. The van der Waals surface area contributed by atoms with Crippen molar-refractivity contribution in [2.75, 3.05) is 25.0 Å². The van der Waals surface area contributed by atoms with Crippen molar-refractivity contribution >= 4 is 17.5 Å². The maximum atomic E-state index is 12.7. The topological polar surface area (TPSA) is 87.5 Å². The molecule has 6 nitrogen and oxygen atoms in total. The molecule has 3 rings (SSSR count). The molecule has 2 amide bonds. The molecular formula is C20H30N4O2. The van der Waals surface area contributed by atoms with Crippen molar-refractivity contribution in [1.29, 1.82) is 0 Å². The standard InChI is InChI=1S/C20H30N4O2/c1-2-20(9-4-10-22-20)19(26)23-17-6-3-5-15(13-17)14-24-11-7-16(8-12-24)18(21)25/h3,5-6,13,16,22H,2,4,7-12,14H2,1H3,(H2,21,25)(H,23,26). The summed E-state index contributed by atoms with van der Waals surface area (Å²) in [4.78, 5) is 26.4. The van der Waals surface area contributed by atoms with Crippen LogP contribution in [0.3, 0.4) is 0 Å². The van der Waals surface area contributed by atoms with Gasteiger partial charge in [-0.15, -0.1) is 0 Å². The van der Waals surface area contributed by atoms with E-state index >= 15 is 0 Å². The van der Waals surface area contributed by atoms with Gasteiger partial charge in [-0.05, 0) is 69.4 Å². The number of nitrogens with two attached hydrogens (primary N) is 1. The van der Waals surface area contributed by atoms with Crippen molar-refractivity contribution in [3.05, 3.63) is 29.8 Å². The Kier molecular flexibility index (Phi) is 5.94. The molecule has 2 fully saturated rings. The molecule has 0 aliphatic carbocycles. The summed E-state index contributed by atoms with van der Waals surface area (Å²) < 4.78 is 0. The van der Waals surface area contributed by atoms with Crippen LogP contribution in [0.1, 0.15) is 44.6 Å². The predicted molar refractivity (Wildman–Crippen MR) is 103 cm³/mol. The van der Waals surface area contributed by atoms with Gasteiger partial charge >= 0.3 is 0 Å². The highest BCUT2D eigenvalue weighted by molar-refractivity contribution is 5.98. The van der Waals surface area contributed by atoms with E-state index in [0.29, 0.717) is 0 Å². The van der Waals surface area contributed by atoms with Crippen LogP contribution in [0.4, 0.5) is 5.69 Å². The van der Waals surface area contributed by atoms with Gasteiger partial charge in [0.15, 0.2) is 0 Å². The number of nitrogens with one attached hydrogen (secondary N) is 2. The number of nitrogens with zero attached hydrogens (tertiary/aromatic N) is 1. The number of likely N-dealkylation sites (tertiary alicyclic amines) is 1. The Morgan fingerprint density at radius 2 is 2.12 bits per heavy atom. The fourth-order valence-electron chi connectivity index (χ4n) is 4.09. The highest BCUT2D eigenvalue weighted by Gasteiger charge is 2.39. The number of benzene rings is 1. The van der Waals surface area contributed by atoms with Gasteiger partial charge in [-0.25, -0.2) is 0 Å². The van der Waals surface area contributed by atoms with E-state index in [1.54, 1.807) is 0 Å². The first-order chi connectivity index (χ1) is 12.5. The fourth-order valence-corrected chi connectivity index (χ4v) is 4.09. The molecule has 2 aliphatic rings. The second kappa shape index (κ2) is 8.18. The van der Waals surface area contributed by atoms with E-state index in [4.69, 9.17) is 5.73 Å². The molecule has 0 radical (unpaired) electrons. The normalized spacial score (nSPS) is 24.5. The number of hydrogen-bond acceptors (Lipinski definition) is 4. The molecule has 2 aliphatic heterocycles. The molecule has 0 saturated carbocycles. The average molecular weight is 358 g/mol. The van der Waals surface area contributed by atoms with Crippen molar-refractivity contribution < 1.29 is 9.59 Å². The minimum atomic E-state index is -0.424. The Labute approximate surface area is 155 Å². The van der Waals surface area contributed by atoms with Crippen LogP contribution >= 0.6 is 0 Å². The van der Waals surface area contributed by atoms with Gasteiger partial charge in [-0.1, -0.05) is 19.1 Å². The number of rotatable bonds is 6. The van der Waals surface area contributed by atoms with Crippen molar-refractivity contribution in [3.8, 4) is 0 Å². The number of anilines is 1. The second-order valence-corrected chi connectivity index (χ2v) is 7.57. The molecule has 6 heteroatoms. The summed E-state index contributed by atoms with van der Waals surface area (Å²) in [6.07, 6.45) is 4.40. The van der Waals surface area contributed by atoms with Crippen molar-refractivity contribution in [2.24, 2.45) is 11.7 Å². The summed E-state index contributed by atoms with van der Waals surface area (Å²) in [5, 5.41) is 6.47. The Balaban J connectivity index is 1.58. The second-order valence-electron chi connectivity index (χ2n) is 7.57. The molecule has 0 aromatic heterocycles. The monoisotopic (exact) mass is 358 g/mol. The zero-order chi connectivity index (χ0) is 18.6. The first-order valence-corrected chi connectivity index (χ1v) is 9.69. The van der Waals surface area contributed by atoms with Gasteiger partial charge in [0, 0.05) is 18.2 Å². The number of amides is 2. The van der Waals surface area contributed by atoms with E-state index in [0.717, 1.165) is 64.0 Å². The fraction of sp³-hybridized carbons (Fsp3) is 0.600. The molecule has 2 heterocycles. The van der Waals surface area contributed by atoms with Crippen LogP contribution in [0.2, 0.25) is 0 Å². The third kappa shape index (κ3) is 4.24. The summed E-state index contributed by atoms with van der Waals surface area (Å²) in [5.74, 6) is -0.0994. The van der Waals surface area contributed by atoms with Crippen molar-refractivity contribution in [1.82, 2.24) is 10.2 Å². The van der Waals surface area contributed by atoms with Crippen LogP contribution in [0, 0.1) is 5.92 Å². The lowest BCUT2D eigenvalue weighted by Gasteiger charge is -2.30. The molecule has 4 N–H and O–H groups in total. The van der Waals surface area contributed by atoms with E-state index in [1.165, 1.54) is 5.56 Å². The number of primary amides is 1. The van der Waals surface area contributed by atoms with Crippen molar-refractivity contribution in [2.45, 2.75) is 51.1 Å². The SMILES string of the molecule is CCC1(C(=O)Nc2cccc(CN3CCC(C(N)=O)CC3)c2)CCCN1. The van der Waals surface area contributed by atoms with Gasteiger partial charge < -0.3 is 16.4 Å². The Morgan fingerprint density at radius 1 is 1.35 bits per heavy atom. The van der Waals surface area contributed by atoms with Gasteiger partial charge in [-0.2, -0.15) is 0 Å². The largest absolute Gasteiger partial charge is 0.369 e. The number of carbonyl (C=O) groups is 2. The van der Waals surface area contributed by atoms with Gasteiger partial charge in [0.25, 0.3) is 0 Å². The van der Waals surface area contributed by atoms with E-state index in [2.05, 4.69) is 34.6 Å². The lowest BCUT2D eigenvalue weighted by molar-refractivity contribution is -0.123.